The highest BCUT2D eigenvalue weighted by Crippen LogP contribution is 2.34. The number of aryl methyl sites for hydroxylation is 1. The molecule has 1 aromatic carbocycles. The standard InChI is InChI=1S/C24H24F3N5/c1-15-22(31-23(30-15)17-2-4-18(5-3-17)24(25,26)27)14-32-10-7-16(8-11-32)19-13-29-21-6-9-28-12-20(19)21/h2-6,9,12-13,16,29H,7-8,10-11,14H2,1H3,(H,30,31). The lowest BCUT2D eigenvalue weighted by molar-refractivity contribution is -0.137. The number of aromatic amines is 2. The highest BCUT2D eigenvalue weighted by Gasteiger charge is 2.30. The number of pyridine rings is 1. The average molecular weight is 439 g/mol. The third-order valence-electron chi connectivity index (χ3n) is 6.39. The fraction of sp³-hybridized carbons (Fsp3) is 0.333. The van der Waals surface area contributed by atoms with E-state index in [0.29, 0.717) is 17.3 Å². The van der Waals surface area contributed by atoms with Crippen molar-refractivity contribution in [2.75, 3.05) is 13.1 Å². The summed E-state index contributed by atoms with van der Waals surface area (Å²) in [5, 5.41) is 1.20. The van der Waals surface area contributed by atoms with Gasteiger partial charge in [0.2, 0.25) is 0 Å². The fourth-order valence-corrected chi connectivity index (χ4v) is 4.54. The molecule has 0 radical (unpaired) electrons. The number of nitrogens with one attached hydrogen (secondary N) is 2. The van der Waals surface area contributed by atoms with Crippen LogP contribution >= 0.6 is 0 Å². The summed E-state index contributed by atoms with van der Waals surface area (Å²) in [5.41, 5.74) is 4.35. The normalized spacial score (nSPS) is 16.1. The average Bonchev–Trinajstić information content (AvgIpc) is 3.38. The Morgan fingerprint density at radius 2 is 1.84 bits per heavy atom. The number of piperidine rings is 1. The number of aromatic nitrogens is 4. The van der Waals surface area contributed by atoms with Crippen LogP contribution in [0.3, 0.4) is 0 Å². The lowest BCUT2D eigenvalue weighted by Crippen LogP contribution is -2.32. The molecule has 2 N–H and O–H groups in total. The van der Waals surface area contributed by atoms with E-state index in [2.05, 4.69) is 31.0 Å². The minimum atomic E-state index is -4.34. The molecule has 0 spiro atoms. The van der Waals surface area contributed by atoms with Gasteiger partial charge in [0.25, 0.3) is 0 Å². The van der Waals surface area contributed by atoms with Crippen LogP contribution in [0.2, 0.25) is 0 Å². The molecule has 4 heterocycles. The second-order valence-electron chi connectivity index (χ2n) is 8.45. The van der Waals surface area contributed by atoms with Crippen molar-refractivity contribution in [3.8, 4) is 11.4 Å². The quantitative estimate of drug-likeness (QED) is 0.431. The van der Waals surface area contributed by atoms with Gasteiger partial charge in [0.1, 0.15) is 5.82 Å². The molecule has 5 nitrogen and oxygen atoms in total. The van der Waals surface area contributed by atoms with Crippen LogP contribution in [0.25, 0.3) is 22.3 Å². The SMILES string of the molecule is Cc1[nH]c(-c2ccc(C(F)(F)F)cc2)nc1CN1CCC(c2c[nH]c3ccncc23)CC1. The molecule has 0 atom stereocenters. The first-order chi connectivity index (χ1) is 15.4. The first-order valence-corrected chi connectivity index (χ1v) is 10.7. The highest BCUT2D eigenvalue weighted by molar-refractivity contribution is 5.82. The number of alkyl halides is 3. The molecule has 8 heteroatoms. The van der Waals surface area contributed by atoms with E-state index in [1.807, 2.05) is 19.2 Å². The summed E-state index contributed by atoms with van der Waals surface area (Å²) in [7, 11) is 0. The van der Waals surface area contributed by atoms with E-state index < -0.39 is 11.7 Å². The van der Waals surface area contributed by atoms with Gasteiger partial charge in [0.15, 0.2) is 0 Å². The molecule has 1 aliphatic heterocycles. The molecule has 4 aromatic rings. The van der Waals surface area contributed by atoms with E-state index in [4.69, 9.17) is 0 Å². The van der Waals surface area contributed by atoms with Crippen molar-refractivity contribution in [2.45, 2.75) is 38.4 Å². The Morgan fingerprint density at radius 1 is 1.09 bits per heavy atom. The lowest BCUT2D eigenvalue weighted by atomic mass is 9.89. The number of imidazole rings is 1. The largest absolute Gasteiger partial charge is 0.416 e. The second-order valence-corrected chi connectivity index (χ2v) is 8.45. The maximum Gasteiger partial charge on any atom is 0.416 e. The molecule has 0 aliphatic carbocycles. The number of fused-ring (bicyclic) bond motifs is 1. The number of benzene rings is 1. The van der Waals surface area contributed by atoms with E-state index in [0.717, 1.165) is 61.5 Å². The van der Waals surface area contributed by atoms with Crippen LogP contribution in [0.15, 0.2) is 48.9 Å². The zero-order valence-corrected chi connectivity index (χ0v) is 17.7. The van der Waals surface area contributed by atoms with Gasteiger partial charge in [0, 0.05) is 47.3 Å². The van der Waals surface area contributed by atoms with Crippen LogP contribution in [0.1, 0.15) is 41.3 Å². The molecule has 1 aliphatic rings. The Labute approximate surface area is 183 Å². The van der Waals surface area contributed by atoms with E-state index in [9.17, 15) is 13.2 Å². The number of rotatable bonds is 4. The number of likely N-dealkylation sites (tertiary alicyclic amines) is 1. The third kappa shape index (κ3) is 4.02. The summed E-state index contributed by atoms with van der Waals surface area (Å²) >= 11 is 0. The van der Waals surface area contributed by atoms with E-state index in [1.54, 1.807) is 6.20 Å². The molecule has 32 heavy (non-hydrogen) atoms. The van der Waals surface area contributed by atoms with Gasteiger partial charge in [-0.3, -0.25) is 9.88 Å². The van der Waals surface area contributed by atoms with Gasteiger partial charge < -0.3 is 9.97 Å². The minimum absolute atomic E-state index is 0.507. The molecule has 1 fully saturated rings. The van der Waals surface area contributed by atoms with Gasteiger partial charge in [-0.25, -0.2) is 4.98 Å². The summed E-state index contributed by atoms with van der Waals surface area (Å²) in [6.45, 7) is 4.63. The number of hydrogen-bond acceptors (Lipinski definition) is 3. The van der Waals surface area contributed by atoms with Crippen molar-refractivity contribution in [3.05, 3.63) is 71.4 Å². The van der Waals surface area contributed by atoms with Gasteiger partial charge in [-0.2, -0.15) is 13.2 Å². The minimum Gasteiger partial charge on any atom is -0.361 e. The Kier molecular flexibility index (Phi) is 5.25. The molecular formula is C24H24F3N5. The maximum absolute atomic E-state index is 12.8. The molecule has 0 amide bonds. The van der Waals surface area contributed by atoms with E-state index >= 15 is 0 Å². The van der Waals surface area contributed by atoms with Gasteiger partial charge in [-0.1, -0.05) is 12.1 Å². The molecule has 1 saturated heterocycles. The van der Waals surface area contributed by atoms with Gasteiger partial charge in [0.05, 0.1) is 11.3 Å². The molecule has 166 valence electrons. The lowest BCUT2D eigenvalue weighted by Gasteiger charge is -2.31. The maximum atomic E-state index is 12.8. The first kappa shape index (κ1) is 20.8. The second kappa shape index (κ2) is 8.09. The monoisotopic (exact) mass is 439 g/mol. The number of halogens is 3. The first-order valence-electron chi connectivity index (χ1n) is 10.7. The van der Waals surface area contributed by atoms with E-state index in [-0.39, 0.29) is 0 Å². The van der Waals surface area contributed by atoms with Crippen LogP contribution in [0, 0.1) is 6.92 Å². The molecule has 3 aromatic heterocycles. The van der Waals surface area contributed by atoms with Crippen molar-refractivity contribution in [2.24, 2.45) is 0 Å². The van der Waals surface area contributed by atoms with Crippen LogP contribution in [-0.2, 0) is 12.7 Å². The van der Waals surface area contributed by atoms with Crippen molar-refractivity contribution in [1.82, 2.24) is 24.8 Å². The molecular weight excluding hydrogens is 415 g/mol. The van der Waals surface area contributed by atoms with Gasteiger partial charge >= 0.3 is 6.18 Å². The number of hydrogen-bond donors (Lipinski definition) is 2. The topological polar surface area (TPSA) is 60.6 Å². The molecule has 5 rings (SSSR count). The Morgan fingerprint density at radius 3 is 2.56 bits per heavy atom. The van der Waals surface area contributed by atoms with Crippen molar-refractivity contribution in [1.29, 1.82) is 0 Å². The fourth-order valence-electron chi connectivity index (χ4n) is 4.54. The Hall–Kier alpha value is -3.13. The van der Waals surface area contributed by atoms with Crippen molar-refractivity contribution in [3.63, 3.8) is 0 Å². The van der Waals surface area contributed by atoms with Crippen LogP contribution in [0.5, 0.6) is 0 Å². The zero-order chi connectivity index (χ0) is 22.3. The van der Waals surface area contributed by atoms with Crippen molar-refractivity contribution < 1.29 is 13.2 Å². The molecule has 0 unspecified atom stereocenters. The van der Waals surface area contributed by atoms with Gasteiger partial charge in [-0.05, 0) is 62.5 Å². The predicted molar refractivity (Wildman–Crippen MR) is 117 cm³/mol. The predicted octanol–water partition coefficient (Wildman–Crippen LogP) is 5.66. The molecule has 0 saturated carbocycles. The van der Waals surface area contributed by atoms with Crippen LogP contribution in [0.4, 0.5) is 13.2 Å². The Bertz CT molecular complexity index is 1210. The summed E-state index contributed by atoms with van der Waals surface area (Å²) in [5.74, 6) is 1.11. The Balaban J connectivity index is 1.24. The highest BCUT2D eigenvalue weighted by atomic mass is 19.4. The summed E-state index contributed by atoms with van der Waals surface area (Å²) in [4.78, 5) is 17.9. The zero-order valence-electron chi connectivity index (χ0n) is 17.7. The molecule has 0 bridgehead atoms. The third-order valence-corrected chi connectivity index (χ3v) is 6.39. The van der Waals surface area contributed by atoms with Crippen molar-refractivity contribution >= 4 is 10.9 Å². The summed E-state index contributed by atoms with van der Waals surface area (Å²) < 4.78 is 38.4. The van der Waals surface area contributed by atoms with E-state index in [1.165, 1.54) is 23.1 Å². The van der Waals surface area contributed by atoms with Crippen LogP contribution < -0.4 is 0 Å². The number of nitrogens with zero attached hydrogens (tertiary/aromatic N) is 3. The van der Waals surface area contributed by atoms with Gasteiger partial charge in [-0.15, -0.1) is 0 Å². The summed E-state index contributed by atoms with van der Waals surface area (Å²) in [6, 6.07) is 7.12. The number of H-pyrrole nitrogens is 2. The smallest absolute Gasteiger partial charge is 0.361 e. The van der Waals surface area contributed by atoms with Crippen LogP contribution in [-0.4, -0.2) is 37.9 Å². The summed E-state index contributed by atoms with van der Waals surface area (Å²) in [6.07, 6.45) is 3.65.